The van der Waals surface area contributed by atoms with Crippen molar-refractivity contribution in [1.29, 1.82) is 0 Å². The van der Waals surface area contributed by atoms with Gasteiger partial charge < -0.3 is 19.8 Å². The highest BCUT2D eigenvalue weighted by molar-refractivity contribution is 5.87. The van der Waals surface area contributed by atoms with Gasteiger partial charge in [-0.3, -0.25) is 9.48 Å². The summed E-state index contributed by atoms with van der Waals surface area (Å²) in [6.07, 6.45) is 5.60. The highest BCUT2D eigenvalue weighted by atomic mass is 16.5. The number of carbonyl (C=O) groups excluding carboxylic acids is 1. The lowest BCUT2D eigenvalue weighted by Crippen LogP contribution is -2.35. The van der Waals surface area contributed by atoms with Crippen LogP contribution in [0.4, 0.5) is 11.8 Å². The van der Waals surface area contributed by atoms with E-state index < -0.39 is 11.5 Å². The van der Waals surface area contributed by atoms with Crippen molar-refractivity contribution in [1.82, 2.24) is 34.8 Å². The van der Waals surface area contributed by atoms with Crippen molar-refractivity contribution >= 4 is 17.7 Å². The molecule has 0 unspecified atom stereocenters. The summed E-state index contributed by atoms with van der Waals surface area (Å²) in [7, 11) is 1.65. The largest absolute Gasteiger partial charge is 0.373 e. The van der Waals surface area contributed by atoms with Gasteiger partial charge in [0.1, 0.15) is 5.69 Å². The van der Waals surface area contributed by atoms with Gasteiger partial charge in [0.25, 0.3) is 5.91 Å². The molecular weight excluding hydrogens is 460 g/mol. The Kier molecular flexibility index (Phi) is 4.38. The van der Waals surface area contributed by atoms with Crippen molar-refractivity contribution < 1.29 is 14.4 Å². The van der Waals surface area contributed by atoms with Gasteiger partial charge in [-0.25, -0.2) is 15.0 Å². The first-order chi connectivity index (χ1) is 17.4. The maximum Gasteiger partial charge on any atom is 0.262 e. The van der Waals surface area contributed by atoms with Crippen LogP contribution in [0.1, 0.15) is 30.7 Å². The lowest BCUT2D eigenvalue weighted by molar-refractivity contribution is -0.144. The van der Waals surface area contributed by atoms with E-state index in [4.69, 9.17) is 4.52 Å². The third kappa shape index (κ3) is 3.38. The molecule has 11 nitrogen and oxygen atoms in total. The number of pyridine rings is 1. The number of rotatable bonds is 5. The van der Waals surface area contributed by atoms with Gasteiger partial charge in [0, 0.05) is 50.6 Å². The number of aromatic nitrogens is 6. The van der Waals surface area contributed by atoms with Crippen molar-refractivity contribution in [2.45, 2.75) is 37.8 Å². The molecule has 1 saturated heterocycles. The van der Waals surface area contributed by atoms with Crippen LogP contribution >= 0.6 is 0 Å². The zero-order valence-corrected chi connectivity index (χ0v) is 19.7. The smallest absolute Gasteiger partial charge is 0.262 e. The normalized spacial score (nSPS) is 21.8. The Morgan fingerprint density at radius 3 is 2.61 bits per heavy atom. The molecule has 0 bridgehead atoms. The van der Waals surface area contributed by atoms with Crippen molar-refractivity contribution in [2.24, 2.45) is 5.41 Å². The average Bonchev–Trinajstić information content (AvgIpc) is 3.18. The number of nitrogens with zero attached hydrogens (tertiary/aromatic N) is 7. The number of likely N-dealkylation sites (N-methyl/N-ethyl adjacent to an activating group) is 1. The van der Waals surface area contributed by atoms with Gasteiger partial charge in [0.05, 0.1) is 17.1 Å². The van der Waals surface area contributed by atoms with Gasteiger partial charge in [-0.15, -0.1) is 0 Å². The number of anilines is 2. The van der Waals surface area contributed by atoms with Crippen LogP contribution in [0.2, 0.25) is 0 Å². The maximum absolute atomic E-state index is 12.4. The topological polar surface area (TPSA) is 135 Å². The molecule has 36 heavy (non-hydrogen) atoms. The van der Waals surface area contributed by atoms with Crippen molar-refractivity contribution in [3.8, 4) is 22.8 Å². The van der Waals surface area contributed by atoms with Crippen molar-refractivity contribution in [3.05, 3.63) is 54.0 Å². The lowest BCUT2D eigenvalue weighted by atomic mass is 9.98. The zero-order chi connectivity index (χ0) is 24.5. The van der Waals surface area contributed by atoms with Crippen LogP contribution in [0, 0.1) is 5.41 Å². The Labute approximate surface area is 206 Å². The van der Waals surface area contributed by atoms with E-state index in [1.54, 1.807) is 31.4 Å². The molecule has 182 valence electrons. The first-order valence-corrected chi connectivity index (χ1v) is 12.0. The Morgan fingerprint density at radius 2 is 1.86 bits per heavy atom. The molecule has 1 aliphatic carbocycles. The van der Waals surface area contributed by atoms with Gasteiger partial charge in [0.2, 0.25) is 11.5 Å². The molecular formula is C25H24N8O3. The molecule has 2 fully saturated rings. The van der Waals surface area contributed by atoms with E-state index in [1.165, 1.54) is 23.4 Å². The molecule has 7 rings (SSSR count). The number of hydrogen-bond acceptors (Lipinski definition) is 9. The van der Waals surface area contributed by atoms with E-state index in [-0.39, 0.29) is 12.2 Å². The highest BCUT2D eigenvalue weighted by Crippen LogP contribution is 2.53. The first kappa shape index (κ1) is 21.2. The second-order valence-electron chi connectivity index (χ2n) is 10.1. The number of hydrogen-bond donors (Lipinski definition) is 2. The van der Waals surface area contributed by atoms with Gasteiger partial charge in [-0.1, -0.05) is 11.2 Å². The monoisotopic (exact) mass is 484 g/mol. The fourth-order valence-corrected chi connectivity index (χ4v) is 5.13. The number of aliphatic hydroxyl groups is 1. The minimum absolute atomic E-state index is 0.118. The summed E-state index contributed by atoms with van der Waals surface area (Å²) in [4.78, 5) is 27.5. The second-order valence-corrected chi connectivity index (χ2v) is 10.1. The standard InChI is InChI=1S/C25H24N8O3/c1-32-10-8-25(35,22(32)34)20-12-19(31-36-20)17-4-2-3-16(27-17)18-5-9-26-23(28-18)29-21-11-15-13-24(6-7-24)14-33(15)30-21/h2-5,9,11-12,35H,6-8,10,13-14H2,1H3,(H,26,28,29,30)/t25-/m1/s1. The SMILES string of the molecule is CN1CC[C@@](O)(c2cc(-c3cccc(-c4ccnc(Nc5cc6n(n5)CC5(CC5)C6)n4)n3)no2)C1=O. The van der Waals surface area contributed by atoms with E-state index in [0.29, 0.717) is 40.7 Å². The summed E-state index contributed by atoms with van der Waals surface area (Å²) in [6.45, 7) is 1.44. The van der Waals surface area contributed by atoms with Crippen LogP contribution in [-0.4, -0.2) is 59.4 Å². The van der Waals surface area contributed by atoms with E-state index >= 15 is 0 Å². The predicted octanol–water partition coefficient (Wildman–Crippen LogP) is 2.52. The summed E-state index contributed by atoms with van der Waals surface area (Å²) in [5.74, 6) is 0.891. The Morgan fingerprint density at radius 1 is 1.06 bits per heavy atom. The summed E-state index contributed by atoms with van der Waals surface area (Å²) in [5, 5.41) is 22.8. The van der Waals surface area contributed by atoms with E-state index in [9.17, 15) is 9.90 Å². The van der Waals surface area contributed by atoms with E-state index in [0.717, 1.165) is 18.8 Å². The van der Waals surface area contributed by atoms with Gasteiger partial charge in [0.15, 0.2) is 11.6 Å². The molecule has 0 aromatic carbocycles. The van der Waals surface area contributed by atoms with Gasteiger partial charge in [-0.05, 0) is 42.9 Å². The molecule has 0 radical (unpaired) electrons. The molecule has 4 aromatic rings. The molecule has 4 aromatic heterocycles. The number of fused-ring (bicyclic) bond motifs is 1. The van der Waals surface area contributed by atoms with Crippen LogP contribution in [0.25, 0.3) is 22.8 Å². The van der Waals surface area contributed by atoms with Crippen LogP contribution in [0.3, 0.4) is 0 Å². The number of likely N-dealkylation sites (tertiary alicyclic amines) is 1. The average molecular weight is 485 g/mol. The van der Waals surface area contributed by atoms with Crippen LogP contribution < -0.4 is 5.32 Å². The predicted molar refractivity (Wildman–Crippen MR) is 128 cm³/mol. The zero-order valence-electron chi connectivity index (χ0n) is 19.7. The molecule has 2 N–H and O–H groups in total. The Hall–Kier alpha value is -4.12. The van der Waals surface area contributed by atoms with E-state index in [2.05, 4.69) is 41.3 Å². The quantitative estimate of drug-likeness (QED) is 0.438. The van der Waals surface area contributed by atoms with Crippen LogP contribution in [0.15, 0.2) is 47.1 Å². The number of amides is 1. The molecule has 1 amide bonds. The third-order valence-electron chi connectivity index (χ3n) is 7.46. The molecule has 2 aliphatic heterocycles. The molecule has 11 heteroatoms. The third-order valence-corrected chi connectivity index (χ3v) is 7.46. The first-order valence-electron chi connectivity index (χ1n) is 12.0. The maximum atomic E-state index is 12.4. The molecule has 1 spiro atoms. The molecule has 1 atom stereocenters. The Bertz CT molecular complexity index is 1480. The minimum Gasteiger partial charge on any atom is -0.373 e. The molecule has 3 aliphatic rings. The Balaban J connectivity index is 1.12. The molecule has 6 heterocycles. The number of nitrogens with one attached hydrogen (secondary N) is 1. The van der Waals surface area contributed by atoms with Crippen molar-refractivity contribution in [3.63, 3.8) is 0 Å². The van der Waals surface area contributed by atoms with Crippen LogP contribution in [-0.2, 0) is 23.4 Å². The molecule has 1 saturated carbocycles. The summed E-state index contributed by atoms with van der Waals surface area (Å²) in [6, 6.07) is 10.9. The number of carbonyl (C=O) groups is 1. The lowest BCUT2D eigenvalue weighted by Gasteiger charge is -2.16. The summed E-state index contributed by atoms with van der Waals surface area (Å²) < 4.78 is 7.45. The second kappa shape index (κ2) is 7.44. The van der Waals surface area contributed by atoms with Crippen molar-refractivity contribution in [2.75, 3.05) is 18.9 Å². The minimum atomic E-state index is -1.70. The highest BCUT2D eigenvalue weighted by Gasteiger charge is 2.49. The van der Waals surface area contributed by atoms with Gasteiger partial charge in [-0.2, -0.15) is 5.10 Å². The van der Waals surface area contributed by atoms with E-state index in [1.807, 2.05) is 12.1 Å². The van der Waals surface area contributed by atoms with Crippen LogP contribution in [0.5, 0.6) is 0 Å². The fourth-order valence-electron chi connectivity index (χ4n) is 5.13. The summed E-state index contributed by atoms with van der Waals surface area (Å²) >= 11 is 0. The van der Waals surface area contributed by atoms with Gasteiger partial charge >= 0.3 is 0 Å². The summed E-state index contributed by atoms with van der Waals surface area (Å²) in [5.41, 5.74) is 2.25. The fraction of sp³-hybridized carbons (Fsp3) is 0.360.